The summed E-state index contributed by atoms with van der Waals surface area (Å²) in [5, 5.41) is 3.09. The van der Waals surface area contributed by atoms with E-state index in [1.165, 1.54) is 29.0 Å². The molecule has 1 unspecified atom stereocenters. The summed E-state index contributed by atoms with van der Waals surface area (Å²) >= 11 is 0. The van der Waals surface area contributed by atoms with Crippen molar-refractivity contribution in [3.63, 3.8) is 0 Å². The fourth-order valence-corrected chi connectivity index (χ4v) is 5.06. The SMILES string of the molecule is O=C(C[NH+]1CCC[C@@H]1c1ccc2c(c1)OCCCO2)Nc1ccc(N2CCCC2)cc1. The molecular weight excluding hydrogens is 390 g/mol. The second-order valence-corrected chi connectivity index (χ2v) is 8.83. The van der Waals surface area contributed by atoms with Gasteiger partial charge in [-0.1, -0.05) is 0 Å². The van der Waals surface area contributed by atoms with Gasteiger partial charge in [-0.3, -0.25) is 4.79 Å². The quantitative estimate of drug-likeness (QED) is 0.778. The molecule has 2 N–H and O–H groups in total. The number of nitrogens with zero attached hydrogens (tertiary/aromatic N) is 1. The molecule has 6 heteroatoms. The van der Waals surface area contributed by atoms with Gasteiger partial charge in [-0.2, -0.15) is 0 Å². The number of fused-ring (bicyclic) bond motifs is 1. The highest BCUT2D eigenvalue weighted by atomic mass is 16.5. The van der Waals surface area contributed by atoms with Gasteiger partial charge in [0.15, 0.2) is 18.0 Å². The van der Waals surface area contributed by atoms with Crippen molar-refractivity contribution >= 4 is 17.3 Å². The predicted molar refractivity (Wildman–Crippen MR) is 121 cm³/mol. The zero-order valence-corrected chi connectivity index (χ0v) is 18.1. The van der Waals surface area contributed by atoms with E-state index in [9.17, 15) is 4.79 Å². The summed E-state index contributed by atoms with van der Waals surface area (Å²) < 4.78 is 11.6. The Balaban J connectivity index is 1.21. The summed E-state index contributed by atoms with van der Waals surface area (Å²) in [5.41, 5.74) is 3.35. The number of hydrogen-bond acceptors (Lipinski definition) is 4. The Morgan fingerprint density at radius 2 is 1.74 bits per heavy atom. The summed E-state index contributed by atoms with van der Waals surface area (Å²) in [6.45, 7) is 5.15. The molecule has 164 valence electrons. The number of carbonyl (C=O) groups excluding carboxylic acids is 1. The molecule has 0 aliphatic carbocycles. The maximum absolute atomic E-state index is 12.8. The van der Waals surface area contributed by atoms with Gasteiger partial charge in [0.1, 0.15) is 6.04 Å². The van der Waals surface area contributed by atoms with Crippen molar-refractivity contribution in [3.05, 3.63) is 48.0 Å². The van der Waals surface area contributed by atoms with Crippen molar-refractivity contribution in [2.75, 3.05) is 49.6 Å². The fraction of sp³-hybridized carbons (Fsp3) is 0.480. The Morgan fingerprint density at radius 3 is 2.55 bits per heavy atom. The van der Waals surface area contributed by atoms with Crippen molar-refractivity contribution in [2.45, 2.75) is 38.1 Å². The minimum atomic E-state index is 0.0742. The van der Waals surface area contributed by atoms with Gasteiger partial charge in [-0.25, -0.2) is 0 Å². The maximum atomic E-state index is 12.8. The number of rotatable bonds is 5. The molecule has 3 heterocycles. The Morgan fingerprint density at radius 1 is 0.968 bits per heavy atom. The first kappa shape index (κ1) is 20.2. The van der Waals surface area contributed by atoms with E-state index in [-0.39, 0.29) is 5.91 Å². The largest absolute Gasteiger partial charge is 0.490 e. The van der Waals surface area contributed by atoms with Gasteiger partial charge in [-0.05, 0) is 55.3 Å². The first-order valence-electron chi connectivity index (χ1n) is 11.7. The van der Waals surface area contributed by atoms with Crippen LogP contribution in [0.3, 0.4) is 0 Å². The highest BCUT2D eigenvalue weighted by Crippen LogP contribution is 2.33. The summed E-state index contributed by atoms with van der Waals surface area (Å²) in [7, 11) is 0. The zero-order valence-electron chi connectivity index (χ0n) is 18.1. The van der Waals surface area contributed by atoms with Crippen molar-refractivity contribution in [2.24, 2.45) is 0 Å². The van der Waals surface area contributed by atoms with E-state index in [0.29, 0.717) is 25.8 Å². The third-order valence-electron chi connectivity index (χ3n) is 6.67. The van der Waals surface area contributed by atoms with Gasteiger partial charge in [-0.15, -0.1) is 0 Å². The summed E-state index contributed by atoms with van der Waals surface area (Å²) in [5.74, 6) is 1.74. The van der Waals surface area contributed by atoms with Crippen LogP contribution >= 0.6 is 0 Å². The van der Waals surface area contributed by atoms with Gasteiger partial charge in [0.2, 0.25) is 0 Å². The average Bonchev–Trinajstić information content (AvgIpc) is 3.42. The fourth-order valence-electron chi connectivity index (χ4n) is 5.06. The third-order valence-corrected chi connectivity index (χ3v) is 6.67. The summed E-state index contributed by atoms with van der Waals surface area (Å²) in [4.78, 5) is 16.5. The first-order chi connectivity index (χ1) is 15.3. The normalized spacial score (nSPS) is 22.9. The van der Waals surface area contributed by atoms with Crippen LogP contribution in [-0.4, -0.2) is 45.3 Å². The first-order valence-corrected chi connectivity index (χ1v) is 11.7. The van der Waals surface area contributed by atoms with Crippen LogP contribution in [0.15, 0.2) is 42.5 Å². The average molecular weight is 423 g/mol. The van der Waals surface area contributed by atoms with Crippen LogP contribution < -0.4 is 24.6 Å². The molecule has 1 amide bonds. The van der Waals surface area contributed by atoms with E-state index in [2.05, 4.69) is 34.5 Å². The standard InChI is InChI=1S/C25H31N3O3/c29-25(26-20-7-9-21(10-8-20)27-12-1-2-13-27)18-28-14-3-5-22(28)19-6-11-23-24(17-19)31-16-4-15-30-23/h6-11,17,22H,1-5,12-16,18H2,(H,26,29)/p+1/t22-/m1/s1. The molecule has 0 aromatic heterocycles. The monoisotopic (exact) mass is 422 g/mol. The van der Waals surface area contributed by atoms with E-state index < -0.39 is 0 Å². The number of ether oxygens (including phenoxy) is 2. The second-order valence-electron chi connectivity index (χ2n) is 8.83. The van der Waals surface area contributed by atoms with Gasteiger partial charge in [0.25, 0.3) is 5.91 Å². The van der Waals surface area contributed by atoms with Crippen molar-refractivity contribution in [3.8, 4) is 11.5 Å². The minimum absolute atomic E-state index is 0.0742. The molecule has 3 aliphatic heterocycles. The van der Waals surface area contributed by atoms with Crippen LogP contribution in [0.4, 0.5) is 11.4 Å². The molecule has 31 heavy (non-hydrogen) atoms. The van der Waals surface area contributed by atoms with E-state index in [0.717, 1.165) is 56.1 Å². The number of amides is 1. The summed E-state index contributed by atoms with van der Waals surface area (Å²) in [6, 6.07) is 14.9. The van der Waals surface area contributed by atoms with Crippen LogP contribution in [0, 0.1) is 0 Å². The molecule has 2 atom stereocenters. The smallest absolute Gasteiger partial charge is 0.279 e. The minimum Gasteiger partial charge on any atom is -0.490 e. The van der Waals surface area contributed by atoms with E-state index in [1.54, 1.807) is 0 Å². The molecule has 2 aromatic rings. The number of benzene rings is 2. The van der Waals surface area contributed by atoms with Gasteiger partial charge in [0.05, 0.1) is 19.8 Å². The Kier molecular flexibility index (Phi) is 5.98. The highest BCUT2D eigenvalue weighted by Gasteiger charge is 2.32. The molecular formula is C25H32N3O3+. The van der Waals surface area contributed by atoms with Crippen molar-refractivity contribution in [1.82, 2.24) is 0 Å². The Hall–Kier alpha value is -2.73. The van der Waals surface area contributed by atoms with E-state index in [4.69, 9.17) is 9.47 Å². The number of likely N-dealkylation sites (tertiary alicyclic amines) is 1. The van der Waals surface area contributed by atoms with Crippen molar-refractivity contribution < 1.29 is 19.2 Å². The summed E-state index contributed by atoms with van der Waals surface area (Å²) in [6.07, 6.45) is 5.66. The molecule has 5 rings (SSSR count). The molecule has 6 nitrogen and oxygen atoms in total. The molecule has 0 saturated carbocycles. The topological polar surface area (TPSA) is 55.2 Å². The maximum Gasteiger partial charge on any atom is 0.279 e. The molecule has 0 bridgehead atoms. The molecule has 2 aromatic carbocycles. The lowest BCUT2D eigenvalue weighted by atomic mass is 10.0. The predicted octanol–water partition coefficient (Wildman–Crippen LogP) is 2.81. The van der Waals surface area contributed by atoms with Gasteiger partial charge < -0.3 is 24.6 Å². The third kappa shape index (κ3) is 4.64. The molecule has 2 saturated heterocycles. The number of quaternary nitrogens is 1. The van der Waals surface area contributed by atoms with Crippen LogP contribution in [0.2, 0.25) is 0 Å². The van der Waals surface area contributed by atoms with Crippen LogP contribution in [0.1, 0.15) is 43.7 Å². The van der Waals surface area contributed by atoms with E-state index >= 15 is 0 Å². The number of carbonyl (C=O) groups is 1. The molecule has 3 aliphatic rings. The lowest BCUT2D eigenvalue weighted by Gasteiger charge is -2.22. The van der Waals surface area contributed by atoms with Gasteiger partial charge in [0, 0.05) is 49.3 Å². The number of nitrogens with one attached hydrogen (secondary N) is 2. The lowest BCUT2D eigenvalue weighted by molar-refractivity contribution is -0.910. The Labute approximate surface area is 184 Å². The molecule has 0 radical (unpaired) electrons. The lowest BCUT2D eigenvalue weighted by Crippen LogP contribution is -3.11. The second kappa shape index (κ2) is 9.18. The number of anilines is 2. The van der Waals surface area contributed by atoms with Crippen LogP contribution in [0.25, 0.3) is 0 Å². The van der Waals surface area contributed by atoms with Gasteiger partial charge >= 0.3 is 0 Å². The van der Waals surface area contributed by atoms with E-state index in [1.807, 2.05) is 18.2 Å². The highest BCUT2D eigenvalue weighted by molar-refractivity contribution is 5.91. The molecule has 2 fully saturated rings. The van der Waals surface area contributed by atoms with Crippen LogP contribution in [-0.2, 0) is 4.79 Å². The number of hydrogen-bond donors (Lipinski definition) is 2. The van der Waals surface area contributed by atoms with Crippen LogP contribution in [0.5, 0.6) is 11.5 Å². The zero-order chi connectivity index (χ0) is 21.0. The Bertz CT molecular complexity index is 909. The van der Waals surface area contributed by atoms with Crippen molar-refractivity contribution in [1.29, 1.82) is 0 Å². The molecule has 0 spiro atoms.